The van der Waals surface area contributed by atoms with Gasteiger partial charge in [-0.3, -0.25) is 0 Å². The van der Waals surface area contributed by atoms with Crippen molar-refractivity contribution in [3.63, 3.8) is 0 Å². The van der Waals surface area contributed by atoms with E-state index < -0.39 is 4.92 Å². The molecular weight excluding hydrogens is 345 g/mol. The van der Waals surface area contributed by atoms with E-state index in [-0.39, 0.29) is 5.82 Å². The Balaban J connectivity index is 1.70. The maximum Gasteiger partial charge on any atom is 0.389 e. The highest BCUT2D eigenvalue weighted by atomic mass is 35.5. The van der Waals surface area contributed by atoms with Gasteiger partial charge in [0.2, 0.25) is 11.7 Å². The van der Waals surface area contributed by atoms with Gasteiger partial charge in [0.25, 0.3) is 0 Å². The number of aryl methyl sites for hydroxylation is 2. The third-order valence-corrected chi connectivity index (χ3v) is 3.56. The van der Waals surface area contributed by atoms with Gasteiger partial charge in [-0.2, -0.15) is 9.67 Å². The fraction of sp³-hybridized carbons (Fsp3) is 0.154. The first kappa shape index (κ1) is 15.4. The van der Waals surface area contributed by atoms with Gasteiger partial charge in [0, 0.05) is 17.0 Å². The van der Waals surface area contributed by atoms with E-state index in [9.17, 15) is 10.1 Å². The van der Waals surface area contributed by atoms with Crippen LogP contribution in [0.25, 0.3) is 11.4 Å². The molecule has 0 bridgehead atoms. The molecule has 0 aliphatic rings. The third-order valence-electron chi connectivity index (χ3n) is 3.01. The van der Waals surface area contributed by atoms with Gasteiger partial charge in [0.15, 0.2) is 0 Å². The molecule has 0 fully saturated rings. The lowest BCUT2D eigenvalue weighted by atomic mass is 10.2. The molecule has 2 heterocycles. The Morgan fingerprint density at radius 3 is 2.83 bits per heavy atom. The number of hydrogen-bond donors (Lipinski definition) is 0. The van der Waals surface area contributed by atoms with Crippen molar-refractivity contribution in [3.8, 4) is 11.4 Å². The molecule has 0 spiro atoms. The molecule has 10 heteroatoms. The van der Waals surface area contributed by atoms with Crippen LogP contribution in [0.5, 0.6) is 0 Å². The summed E-state index contributed by atoms with van der Waals surface area (Å²) in [5, 5.41) is 19.2. The Kier molecular flexibility index (Phi) is 4.26. The van der Waals surface area contributed by atoms with E-state index >= 15 is 0 Å². The summed E-state index contributed by atoms with van der Waals surface area (Å²) in [4.78, 5) is 14.3. The molecule has 0 radical (unpaired) electrons. The summed E-state index contributed by atoms with van der Waals surface area (Å²) in [6.07, 6.45) is 1.91. The lowest BCUT2D eigenvalue weighted by Gasteiger charge is -1.98. The summed E-state index contributed by atoms with van der Waals surface area (Å²) in [6.45, 7) is 0.379. The zero-order chi connectivity index (χ0) is 16.4. The standard InChI is InChI=1S/C13H9Cl2N5O3/c14-8-1-2-9(10(15)7-8)13-16-12(23-18-13)4-6-19-5-3-11(17-19)20(21)22/h1-3,5,7H,4,6H2. The molecular formula is C13H9Cl2N5O3. The molecule has 0 N–H and O–H groups in total. The first-order chi connectivity index (χ1) is 11.0. The molecule has 8 nitrogen and oxygen atoms in total. The monoisotopic (exact) mass is 353 g/mol. The van der Waals surface area contributed by atoms with Crippen molar-refractivity contribution < 1.29 is 9.45 Å². The van der Waals surface area contributed by atoms with Crippen LogP contribution in [0, 0.1) is 10.1 Å². The topological polar surface area (TPSA) is 99.9 Å². The minimum absolute atomic E-state index is 0.204. The third kappa shape index (κ3) is 3.49. The molecule has 0 unspecified atom stereocenters. The SMILES string of the molecule is O=[N+]([O-])c1ccn(CCc2nc(-c3ccc(Cl)cc3Cl)no2)n1. The van der Waals surface area contributed by atoms with E-state index in [2.05, 4.69) is 15.2 Å². The highest BCUT2D eigenvalue weighted by Gasteiger charge is 2.14. The second-order valence-electron chi connectivity index (χ2n) is 4.58. The van der Waals surface area contributed by atoms with Gasteiger partial charge in [-0.15, -0.1) is 0 Å². The Hall–Kier alpha value is -2.45. The van der Waals surface area contributed by atoms with E-state index in [1.165, 1.54) is 16.9 Å². The number of benzene rings is 1. The van der Waals surface area contributed by atoms with Crippen LogP contribution < -0.4 is 0 Å². The van der Waals surface area contributed by atoms with Crippen LogP contribution in [-0.2, 0) is 13.0 Å². The van der Waals surface area contributed by atoms with Crippen LogP contribution in [0.4, 0.5) is 5.82 Å². The van der Waals surface area contributed by atoms with Crippen LogP contribution in [-0.4, -0.2) is 24.8 Å². The summed E-state index contributed by atoms with van der Waals surface area (Å²) < 4.78 is 6.59. The van der Waals surface area contributed by atoms with Crippen molar-refractivity contribution in [2.24, 2.45) is 0 Å². The average molecular weight is 354 g/mol. The van der Waals surface area contributed by atoms with E-state index in [4.69, 9.17) is 27.7 Å². The smallest absolute Gasteiger partial charge is 0.358 e. The molecule has 3 rings (SSSR count). The highest BCUT2D eigenvalue weighted by Crippen LogP contribution is 2.28. The predicted molar refractivity (Wildman–Crippen MR) is 82.3 cm³/mol. The van der Waals surface area contributed by atoms with Crippen molar-refractivity contribution >= 4 is 29.0 Å². The van der Waals surface area contributed by atoms with Crippen molar-refractivity contribution in [1.29, 1.82) is 0 Å². The van der Waals surface area contributed by atoms with E-state index in [0.29, 0.717) is 40.3 Å². The normalized spacial score (nSPS) is 10.9. The van der Waals surface area contributed by atoms with Crippen LogP contribution in [0.15, 0.2) is 35.0 Å². The van der Waals surface area contributed by atoms with Gasteiger partial charge in [0.05, 0.1) is 28.9 Å². The van der Waals surface area contributed by atoms with Crippen molar-refractivity contribution in [1.82, 2.24) is 19.9 Å². The second-order valence-corrected chi connectivity index (χ2v) is 5.42. The zero-order valence-electron chi connectivity index (χ0n) is 11.5. The predicted octanol–water partition coefficient (Wildman–Crippen LogP) is 3.39. The van der Waals surface area contributed by atoms with Gasteiger partial charge in [0.1, 0.15) is 0 Å². The Bertz CT molecular complexity index is 861. The summed E-state index contributed by atoms with van der Waals surface area (Å²) >= 11 is 11.9. The number of aromatic nitrogens is 4. The first-order valence-corrected chi connectivity index (χ1v) is 7.24. The summed E-state index contributed by atoms with van der Waals surface area (Å²) in [6, 6.07) is 6.31. The van der Waals surface area contributed by atoms with Gasteiger partial charge in [-0.05, 0) is 23.1 Å². The summed E-state index contributed by atoms with van der Waals surface area (Å²) in [7, 11) is 0. The molecule has 0 aliphatic carbocycles. The molecule has 3 aromatic rings. The molecule has 0 amide bonds. The second kappa shape index (κ2) is 6.35. The van der Waals surface area contributed by atoms with Crippen molar-refractivity contribution in [3.05, 3.63) is 56.5 Å². The number of nitro groups is 1. The maximum absolute atomic E-state index is 10.6. The first-order valence-electron chi connectivity index (χ1n) is 6.49. The van der Waals surface area contributed by atoms with Gasteiger partial charge >= 0.3 is 5.82 Å². The van der Waals surface area contributed by atoms with Gasteiger partial charge < -0.3 is 14.6 Å². The molecule has 23 heavy (non-hydrogen) atoms. The van der Waals surface area contributed by atoms with Crippen molar-refractivity contribution in [2.75, 3.05) is 0 Å². The molecule has 0 saturated heterocycles. The lowest BCUT2D eigenvalue weighted by Crippen LogP contribution is -2.03. The van der Waals surface area contributed by atoms with Gasteiger partial charge in [-0.25, -0.2) is 0 Å². The van der Waals surface area contributed by atoms with E-state index in [1.54, 1.807) is 18.2 Å². The van der Waals surface area contributed by atoms with Crippen LogP contribution in [0.2, 0.25) is 10.0 Å². The minimum Gasteiger partial charge on any atom is -0.358 e. The zero-order valence-corrected chi connectivity index (χ0v) is 13.0. The number of rotatable bonds is 5. The Morgan fingerprint density at radius 1 is 1.30 bits per heavy atom. The number of hydrogen-bond acceptors (Lipinski definition) is 6. The van der Waals surface area contributed by atoms with Crippen LogP contribution in [0.3, 0.4) is 0 Å². The minimum atomic E-state index is -0.552. The molecule has 0 saturated carbocycles. The van der Waals surface area contributed by atoms with E-state index in [0.717, 1.165) is 0 Å². The molecule has 0 aliphatic heterocycles. The summed E-state index contributed by atoms with van der Waals surface area (Å²) in [5.74, 6) is 0.529. The largest absolute Gasteiger partial charge is 0.389 e. The average Bonchev–Trinajstić information content (AvgIpc) is 3.14. The Morgan fingerprint density at radius 2 is 2.13 bits per heavy atom. The fourth-order valence-corrected chi connectivity index (χ4v) is 2.41. The quantitative estimate of drug-likeness (QED) is 0.514. The molecule has 118 valence electrons. The maximum atomic E-state index is 10.6. The number of halogens is 2. The van der Waals surface area contributed by atoms with Gasteiger partial charge in [-0.1, -0.05) is 28.4 Å². The molecule has 0 atom stereocenters. The summed E-state index contributed by atoms with van der Waals surface area (Å²) in [5.41, 5.74) is 0.612. The Labute approximate surface area is 139 Å². The van der Waals surface area contributed by atoms with E-state index in [1.807, 2.05) is 0 Å². The molecule has 1 aromatic carbocycles. The fourth-order valence-electron chi connectivity index (χ4n) is 1.92. The van der Waals surface area contributed by atoms with Crippen LogP contribution >= 0.6 is 23.2 Å². The lowest BCUT2D eigenvalue weighted by molar-refractivity contribution is -0.389. The van der Waals surface area contributed by atoms with Crippen LogP contribution in [0.1, 0.15) is 5.89 Å². The highest BCUT2D eigenvalue weighted by molar-refractivity contribution is 6.36. The van der Waals surface area contributed by atoms with Crippen molar-refractivity contribution in [2.45, 2.75) is 13.0 Å². The molecule has 2 aromatic heterocycles. The number of nitrogens with zero attached hydrogens (tertiary/aromatic N) is 5.